The van der Waals surface area contributed by atoms with Crippen molar-refractivity contribution in [2.45, 2.75) is 26.7 Å². The average Bonchev–Trinajstić information content (AvgIpc) is 2.67. The van der Waals surface area contributed by atoms with Gasteiger partial charge in [0.2, 0.25) is 0 Å². The summed E-state index contributed by atoms with van der Waals surface area (Å²) < 4.78 is 1.22. The standard InChI is InChI=1S/C14H20BrN/c1-3-16(4-2)10-11-7-12-5-6-14(15)9-13(12)8-11/h5-6,9,11H,3-4,7-8,10H2,1-2H3. The molecule has 0 N–H and O–H groups in total. The topological polar surface area (TPSA) is 3.24 Å². The van der Waals surface area contributed by atoms with Gasteiger partial charge in [-0.3, -0.25) is 0 Å². The second kappa shape index (κ2) is 5.33. The minimum absolute atomic E-state index is 0.823. The van der Waals surface area contributed by atoms with E-state index in [1.165, 1.54) is 36.9 Å². The Morgan fingerprint density at radius 2 is 1.88 bits per heavy atom. The molecule has 88 valence electrons. The van der Waals surface area contributed by atoms with Crippen molar-refractivity contribution in [1.29, 1.82) is 0 Å². The van der Waals surface area contributed by atoms with Gasteiger partial charge in [-0.25, -0.2) is 0 Å². The van der Waals surface area contributed by atoms with Crippen LogP contribution < -0.4 is 0 Å². The van der Waals surface area contributed by atoms with Crippen molar-refractivity contribution in [1.82, 2.24) is 4.90 Å². The zero-order chi connectivity index (χ0) is 11.5. The Kier molecular flexibility index (Phi) is 4.04. The molecule has 0 fully saturated rings. The van der Waals surface area contributed by atoms with Crippen LogP contribution >= 0.6 is 15.9 Å². The van der Waals surface area contributed by atoms with Crippen LogP contribution in [-0.2, 0) is 12.8 Å². The smallest absolute Gasteiger partial charge is 0.0178 e. The molecule has 1 nitrogen and oxygen atoms in total. The minimum atomic E-state index is 0.823. The molecule has 16 heavy (non-hydrogen) atoms. The number of nitrogens with zero attached hydrogens (tertiary/aromatic N) is 1. The molecule has 1 aromatic rings. The molecule has 1 unspecified atom stereocenters. The monoisotopic (exact) mass is 281 g/mol. The summed E-state index contributed by atoms with van der Waals surface area (Å²) in [6.45, 7) is 8.10. The fraction of sp³-hybridized carbons (Fsp3) is 0.571. The third-order valence-electron chi connectivity index (χ3n) is 3.60. The summed E-state index contributed by atoms with van der Waals surface area (Å²) in [6, 6.07) is 6.73. The number of hydrogen-bond donors (Lipinski definition) is 0. The Balaban J connectivity index is 2.00. The van der Waals surface area contributed by atoms with Crippen molar-refractivity contribution in [2.75, 3.05) is 19.6 Å². The second-order valence-electron chi connectivity index (χ2n) is 4.67. The summed E-state index contributed by atoms with van der Waals surface area (Å²) in [7, 11) is 0. The number of rotatable bonds is 4. The normalized spacial score (nSPS) is 19.1. The molecule has 0 aliphatic heterocycles. The van der Waals surface area contributed by atoms with Crippen LogP contribution in [0.15, 0.2) is 22.7 Å². The number of halogens is 1. The van der Waals surface area contributed by atoms with E-state index >= 15 is 0 Å². The first-order valence-electron chi connectivity index (χ1n) is 6.22. The lowest BCUT2D eigenvalue weighted by atomic mass is 10.1. The molecule has 2 heteroatoms. The van der Waals surface area contributed by atoms with Crippen LogP contribution in [0.1, 0.15) is 25.0 Å². The Morgan fingerprint density at radius 1 is 1.19 bits per heavy atom. The third kappa shape index (κ3) is 2.67. The molecule has 0 aromatic heterocycles. The van der Waals surface area contributed by atoms with Crippen molar-refractivity contribution in [3.8, 4) is 0 Å². The Morgan fingerprint density at radius 3 is 2.56 bits per heavy atom. The van der Waals surface area contributed by atoms with E-state index in [9.17, 15) is 0 Å². The van der Waals surface area contributed by atoms with E-state index in [-0.39, 0.29) is 0 Å². The van der Waals surface area contributed by atoms with Gasteiger partial charge in [-0.15, -0.1) is 0 Å². The Bertz CT molecular complexity index is 358. The van der Waals surface area contributed by atoms with Crippen LogP contribution in [0.3, 0.4) is 0 Å². The lowest BCUT2D eigenvalue weighted by Crippen LogP contribution is -2.29. The maximum atomic E-state index is 3.55. The van der Waals surface area contributed by atoms with Crippen molar-refractivity contribution < 1.29 is 0 Å². The molecule has 0 spiro atoms. The van der Waals surface area contributed by atoms with Gasteiger partial charge >= 0.3 is 0 Å². The summed E-state index contributed by atoms with van der Waals surface area (Å²) in [5.74, 6) is 0.823. The molecule has 0 radical (unpaired) electrons. The van der Waals surface area contributed by atoms with Gasteiger partial charge in [0.15, 0.2) is 0 Å². The number of benzene rings is 1. The van der Waals surface area contributed by atoms with Gasteiger partial charge in [-0.1, -0.05) is 35.8 Å². The van der Waals surface area contributed by atoms with E-state index in [2.05, 4.69) is 52.9 Å². The van der Waals surface area contributed by atoms with Gasteiger partial charge < -0.3 is 4.90 Å². The molecular weight excluding hydrogens is 262 g/mol. The van der Waals surface area contributed by atoms with Gasteiger partial charge in [0, 0.05) is 11.0 Å². The first-order valence-corrected chi connectivity index (χ1v) is 7.01. The maximum Gasteiger partial charge on any atom is 0.0178 e. The van der Waals surface area contributed by atoms with Gasteiger partial charge in [0.05, 0.1) is 0 Å². The quantitative estimate of drug-likeness (QED) is 0.817. The minimum Gasteiger partial charge on any atom is -0.304 e. The van der Waals surface area contributed by atoms with Crippen LogP contribution in [0.4, 0.5) is 0 Å². The van der Waals surface area contributed by atoms with Crippen molar-refractivity contribution in [3.05, 3.63) is 33.8 Å². The van der Waals surface area contributed by atoms with Crippen LogP contribution in [-0.4, -0.2) is 24.5 Å². The molecule has 1 aliphatic carbocycles. The number of hydrogen-bond acceptors (Lipinski definition) is 1. The molecule has 0 saturated carbocycles. The summed E-state index contributed by atoms with van der Waals surface area (Å²) >= 11 is 3.55. The molecular formula is C14H20BrN. The molecule has 1 aliphatic rings. The maximum absolute atomic E-state index is 3.55. The Labute approximate surface area is 107 Å². The summed E-state index contributed by atoms with van der Waals surface area (Å²) in [5.41, 5.74) is 3.10. The Hall–Kier alpha value is -0.340. The first kappa shape index (κ1) is 12.1. The van der Waals surface area contributed by atoms with Crippen LogP contribution in [0.2, 0.25) is 0 Å². The van der Waals surface area contributed by atoms with E-state index < -0.39 is 0 Å². The average molecular weight is 282 g/mol. The number of fused-ring (bicyclic) bond motifs is 1. The molecule has 0 bridgehead atoms. The summed E-state index contributed by atoms with van der Waals surface area (Å²) in [4.78, 5) is 2.53. The predicted octanol–water partition coefficient (Wildman–Crippen LogP) is 3.51. The molecule has 0 saturated heterocycles. The fourth-order valence-electron chi connectivity index (χ4n) is 2.65. The van der Waals surface area contributed by atoms with E-state index in [4.69, 9.17) is 0 Å². The van der Waals surface area contributed by atoms with Crippen LogP contribution in [0.25, 0.3) is 0 Å². The summed E-state index contributed by atoms with van der Waals surface area (Å²) in [6.07, 6.45) is 2.52. The predicted molar refractivity (Wildman–Crippen MR) is 72.8 cm³/mol. The van der Waals surface area contributed by atoms with E-state index in [1.54, 1.807) is 11.1 Å². The summed E-state index contributed by atoms with van der Waals surface area (Å²) in [5, 5.41) is 0. The zero-order valence-corrected chi connectivity index (χ0v) is 11.8. The lowest BCUT2D eigenvalue weighted by molar-refractivity contribution is 0.256. The molecule has 0 heterocycles. The van der Waals surface area contributed by atoms with Crippen molar-refractivity contribution >= 4 is 15.9 Å². The van der Waals surface area contributed by atoms with Crippen LogP contribution in [0.5, 0.6) is 0 Å². The highest BCUT2D eigenvalue weighted by atomic mass is 79.9. The lowest BCUT2D eigenvalue weighted by Gasteiger charge is -2.21. The van der Waals surface area contributed by atoms with E-state index in [0.717, 1.165) is 5.92 Å². The first-order chi connectivity index (χ1) is 7.72. The highest BCUT2D eigenvalue weighted by Crippen LogP contribution is 2.29. The van der Waals surface area contributed by atoms with E-state index in [1.807, 2.05) is 0 Å². The van der Waals surface area contributed by atoms with Gasteiger partial charge in [-0.05, 0) is 55.1 Å². The highest BCUT2D eigenvalue weighted by molar-refractivity contribution is 9.10. The van der Waals surface area contributed by atoms with Gasteiger partial charge in [0.1, 0.15) is 0 Å². The van der Waals surface area contributed by atoms with Crippen molar-refractivity contribution in [3.63, 3.8) is 0 Å². The van der Waals surface area contributed by atoms with Gasteiger partial charge in [0.25, 0.3) is 0 Å². The second-order valence-corrected chi connectivity index (χ2v) is 5.59. The highest BCUT2D eigenvalue weighted by Gasteiger charge is 2.22. The van der Waals surface area contributed by atoms with Crippen LogP contribution in [0, 0.1) is 5.92 Å². The zero-order valence-electron chi connectivity index (χ0n) is 10.2. The largest absolute Gasteiger partial charge is 0.304 e. The molecule has 1 atom stereocenters. The third-order valence-corrected chi connectivity index (χ3v) is 4.09. The SMILES string of the molecule is CCN(CC)CC1Cc2ccc(Br)cc2C1. The molecule has 2 rings (SSSR count). The fourth-order valence-corrected chi connectivity index (χ4v) is 3.06. The molecule has 0 amide bonds. The van der Waals surface area contributed by atoms with Gasteiger partial charge in [-0.2, -0.15) is 0 Å². The van der Waals surface area contributed by atoms with Crippen molar-refractivity contribution in [2.24, 2.45) is 5.92 Å². The van der Waals surface area contributed by atoms with E-state index in [0.29, 0.717) is 0 Å². The molecule has 1 aromatic carbocycles.